The predicted octanol–water partition coefficient (Wildman–Crippen LogP) is 0.608. The van der Waals surface area contributed by atoms with E-state index in [1.807, 2.05) is 6.92 Å². The van der Waals surface area contributed by atoms with Gasteiger partial charge in [-0.2, -0.15) is 0 Å². The largest absolute Gasteiger partial charge is 0.480 e. The van der Waals surface area contributed by atoms with Gasteiger partial charge in [-0.05, 0) is 12.5 Å². The predicted molar refractivity (Wildman–Crippen MR) is 69.8 cm³/mol. The van der Waals surface area contributed by atoms with Crippen molar-refractivity contribution in [1.82, 2.24) is 9.88 Å². The Hall–Kier alpha value is -2.11. The van der Waals surface area contributed by atoms with E-state index < -0.39 is 17.9 Å². The molecule has 0 aliphatic heterocycles. The molecule has 6 heteroatoms. The Kier molecular flexibility index (Phi) is 5.78. The summed E-state index contributed by atoms with van der Waals surface area (Å²) < 4.78 is 1.23. The second-order valence-corrected chi connectivity index (χ2v) is 4.27. The Morgan fingerprint density at radius 2 is 2.16 bits per heavy atom. The fourth-order valence-electron chi connectivity index (χ4n) is 1.65. The molecule has 1 heterocycles. The van der Waals surface area contributed by atoms with Crippen molar-refractivity contribution in [3.63, 3.8) is 0 Å². The summed E-state index contributed by atoms with van der Waals surface area (Å²) in [5.74, 6) is -1.53. The lowest BCUT2D eigenvalue weighted by Gasteiger charge is -2.14. The monoisotopic (exact) mass is 266 g/mol. The SMILES string of the molecule is CCCCC(NC(=O)Cn1ccccc1=O)C(=O)O. The number of nitrogens with zero attached hydrogens (tertiary/aromatic N) is 1. The van der Waals surface area contributed by atoms with Crippen LogP contribution < -0.4 is 10.9 Å². The highest BCUT2D eigenvalue weighted by Gasteiger charge is 2.19. The molecular formula is C13H18N2O4. The van der Waals surface area contributed by atoms with Crippen molar-refractivity contribution in [2.24, 2.45) is 0 Å². The lowest BCUT2D eigenvalue weighted by molar-refractivity contribution is -0.142. The maximum absolute atomic E-state index is 11.7. The average Bonchev–Trinajstić information content (AvgIpc) is 2.37. The van der Waals surface area contributed by atoms with E-state index in [-0.39, 0.29) is 12.1 Å². The molecule has 1 unspecified atom stereocenters. The fourth-order valence-corrected chi connectivity index (χ4v) is 1.65. The summed E-state index contributed by atoms with van der Waals surface area (Å²) in [4.78, 5) is 34.1. The lowest BCUT2D eigenvalue weighted by atomic mass is 10.1. The minimum absolute atomic E-state index is 0.171. The van der Waals surface area contributed by atoms with Gasteiger partial charge in [-0.15, -0.1) is 0 Å². The molecular weight excluding hydrogens is 248 g/mol. The zero-order chi connectivity index (χ0) is 14.3. The summed E-state index contributed by atoms with van der Waals surface area (Å²) in [5.41, 5.74) is -0.293. The quantitative estimate of drug-likeness (QED) is 0.756. The van der Waals surface area contributed by atoms with Crippen LogP contribution in [0.25, 0.3) is 0 Å². The molecule has 1 amide bonds. The number of pyridine rings is 1. The van der Waals surface area contributed by atoms with Crippen molar-refractivity contribution < 1.29 is 14.7 Å². The molecule has 104 valence electrons. The maximum Gasteiger partial charge on any atom is 0.326 e. The minimum Gasteiger partial charge on any atom is -0.480 e. The summed E-state index contributed by atoms with van der Waals surface area (Å²) in [6, 6.07) is 3.67. The number of nitrogens with one attached hydrogen (secondary N) is 1. The van der Waals surface area contributed by atoms with Gasteiger partial charge in [-0.3, -0.25) is 9.59 Å². The van der Waals surface area contributed by atoms with Crippen LogP contribution in [0.1, 0.15) is 26.2 Å². The number of aromatic nitrogens is 1. The van der Waals surface area contributed by atoms with Crippen LogP contribution in [-0.4, -0.2) is 27.6 Å². The first-order valence-corrected chi connectivity index (χ1v) is 6.22. The molecule has 0 fully saturated rings. The van der Waals surface area contributed by atoms with E-state index in [1.54, 1.807) is 12.1 Å². The molecule has 0 spiro atoms. The molecule has 19 heavy (non-hydrogen) atoms. The molecule has 0 aliphatic rings. The van der Waals surface area contributed by atoms with E-state index in [9.17, 15) is 14.4 Å². The first kappa shape index (κ1) is 14.9. The third-order valence-corrected chi connectivity index (χ3v) is 2.69. The lowest BCUT2D eigenvalue weighted by Crippen LogP contribution is -2.43. The zero-order valence-electron chi connectivity index (χ0n) is 10.8. The number of carbonyl (C=O) groups excluding carboxylic acids is 1. The first-order chi connectivity index (χ1) is 9.04. The smallest absolute Gasteiger partial charge is 0.326 e. The van der Waals surface area contributed by atoms with E-state index in [0.717, 1.165) is 12.8 Å². The third kappa shape index (κ3) is 4.95. The van der Waals surface area contributed by atoms with Crippen LogP contribution >= 0.6 is 0 Å². The number of amides is 1. The molecule has 1 atom stereocenters. The van der Waals surface area contributed by atoms with Crippen molar-refractivity contribution >= 4 is 11.9 Å². The van der Waals surface area contributed by atoms with Gasteiger partial charge in [0.15, 0.2) is 0 Å². The second kappa shape index (κ2) is 7.35. The van der Waals surface area contributed by atoms with Crippen molar-refractivity contribution in [3.8, 4) is 0 Å². The van der Waals surface area contributed by atoms with Crippen LogP contribution in [0.2, 0.25) is 0 Å². The molecule has 6 nitrogen and oxygen atoms in total. The molecule has 0 saturated carbocycles. The van der Waals surface area contributed by atoms with Gasteiger partial charge in [0.05, 0.1) is 0 Å². The molecule has 0 aliphatic carbocycles. The minimum atomic E-state index is -1.05. The van der Waals surface area contributed by atoms with Crippen LogP contribution in [0.3, 0.4) is 0 Å². The molecule has 0 radical (unpaired) electrons. The van der Waals surface area contributed by atoms with Crippen LogP contribution in [0.5, 0.6) is 0 Å². The molecule has 0 bridgehead atoms. The van der Waals surface area contributed by atoms with Crippen LogP contribution in [0, 0.1) is 0 Å². The number of rotatable bonds is 7. The van der Waals surface area contributed by atoms with Gasteiger partial charge in [0, 0.05) is 12.3 Å². The van der Waals surface area contributed by atoms with Gasteiger partial charge in [-0.1, -0.05) is 25.8 Å². The summed E-state index contributed by atoms with van der Waals surface area (Å²) in [7, 11) is 0. The van der Waals surface area contributed by atoms with Crippen LogP contribution in [0.15, 0.2) is 29.2 Å². The molecule has 1 rings (SSSR count). The van der Waals surface area contributed by atoms with Crippen molar-refractivity contribution in [2.45, 2.75) is 38.8 Å². The second-order valence-electron chi connectivity index (χ2n) is 4.27. The van der Waals surface area contributed by atoms with Crippen LogP contribution in [0.4, 0.5) is 0 Å². The number of hydrogen-bond donors (Lipinski definition) is 2. The van der Waals surface area contributed by atoms with Crippen LogP contribution in [-0.2, 0) is 16.1 Å². The van der Waals surface area contributed by atoms with Crippen molar-refractivity contribution in [3.05, 3.63) is 34.7 Å². The Labute approximate surface area is 111 Å². The molecule has 1 aromatic rings. The normalized spacial score (nSPS) is 11.8. The van der Waals surface area contributed by atoms with E-state index in [0.29, 0.717) is 6.42 Å². The average molecular weight is 266 g/mol. The number of hydrogen-bond acceptors (Lipinski definition) is 3. The molecule has 0 saturated heterocycles. The Bertz CT molecular complexity index is 495. The highest BCUT2D eigenvalue weighted by molar-refractivity contribution is 5.83. The first-order valence-electron chi connectivity index (χ1n) is 6.22. The van der Waals surface area contributed by atoms with Gasteiger partial charge in [0.25, 0.3) is 5.56 Å². The number of carboxylic acids is 1. The standard InChI is InChI=1S/C13H18N2O4/c1-2-3-6-10(13(18)19)14-11(16)9-15-8-5-4-7-12(15)17/h4-5,7-8,10H,2-3,6,9H2,1H3,(H,14,16)(H,18,19). The molecule has 0 aromatic carbocycles. The molecule has 1 aromatic heterocycles. The van der Waals surface area contributed by atoms with Gasteiger partial charge < -0.3 is 15.0 Å². The number of unbranched alkanes of at least 4 members (excludes halogenated alkanes) is 1. The zero-order valence-corrected chi connectivity index (χ0v) is 10.8. The summed E-state index contributed by atoms with van der Waals surface area (Å²) >= 11 is 0. The maximum atomic E-state index is 11.7. The Morgan fingerprint density at radius 1 is 1.42 bits per heavy atom. The van der Waals surface area contributed by atoms with E-state index in [2.05, 4.69) is 5.32 Å². The van der Waals surface area contributed by atoms with E-state index in [1.165, 1.54) is 16.8 Å². The van der Waals surface area contributed by atoms with Crippen molar-refractivity contribution in [2.75, 3.05) is 0 Å². The van der Waals surface area contributed by atoms with E-state index in [4.69, 9.17) is 5.11 Å². The Morgan fingerprint density at radius 3 is 2.74 bits per heavy atom. The Balaban J connectivity index is 2.60. The number of aliphatic carboxylic acids is 1. The highest BCUT2D eigenvalue weighted by Crippen LogP contribution is 2.01. The van der Waals surface area contributed by atoms with E-state index >= 15 is 0 Å². The summed E-state index contributed by atoms with van der Waals surface area (Å²) in [6.45, 7) is 1.78. The molecule has 2 N–H and O–H groups in total. The highest BCUT2D eigenvalue weighted by atomic mass is 16.4. The fraction of sp³-hybridized carbons (Fsp3) is 0.462. The topological polar surface area (TPSA) is 88.4 Å². The van der Waals surface area contributed by atoms with Gasteiger partial charge >= 0.3 is 5.97 Å². The van der Waals surface area contributed by atoms with Gasteiger partial charge in [0.1, 0.15) is 12.6 Å². The summed E-state index contributed by atoms with van der Waals surface area (Å²) in [5, 5.41) is 11.4. The number of carboxylic acid groups (broad SMARTS) is 1. The van der Waals surface area contributed by atoms with Gasteiger partial charge in [0.2, 0.25) is 5.91 Å². The third-order valence-electron chi connectivity index (χ3n) is 2.69. The van der Waals surface area contributed by atoms with Gasteiger partial charge in [-0.25, -0.2) is 4.79 Å². The van der Waals surface area contributed by atoms with Crippen molar-refractivity contribution in [1.29, 1.82) is 0 Å². The summed E-state index contributed by atoms with van der Waals surface area (Å²) in [6.07, 6.45) is 3.46. The number of carbonyl (C=O) groups is 2.